The lowest BCUT2D eigenvalue weighted by atomic mass is 9.88. The molecule has 1 unspecified atom stereocenters. The molecule has 1 spiro atoms. The third kappa shape index (κ3) is 6.20. The minimum Gasteiger partial charge on any atom is -0.368 e. The van der Waals surface area contributed by atoms with Gasteiger partial charge >= 0.3 is 0 Å². The third-order valence-electron chi connectivity index (χ3n) is 6.12. The summed E-state index contributed by atoms with van der Waals surface area (Å²) in [4.78, 5) is 21.8. The highest BCUT2D eigenvalue weighted by Crippen LogP contribution is 2.33. The summed E-state index contributed by atoms with van der Waals surface area (Å²) in [6.45, 7) is 6.22. The van der Waals surface area contributed by atoms with Crippen LogP contribution in [0.25, 0.3) is 0 Å². The molecule has 2 fully saturated rings. The van der Waals surface area contributed by atoms with Crippen molar-refractivity contribution in [1.82, 2.24) is 14.8 Å². The fourth-order valence-electron chi connectivity index (χ4n) is 4.51. The van der Waals surface area contributed by atoms with Crippen molar-refractivity contribution in [3.05, 3.63) is 65.5 Å². The largest absolute Gasteiger partial charge is 0.368 e. The molecule has 0 saturated carbocycles. The van der Waals surface area contributed by atoms with Gasteiger partial charge in [-0.15, -0.1) is 24.8 Å². The standard InChI is InChI=1S/C24H28N4O2.2ClH/c1-19-17-28(23(29)21-5-3-2-4-6-21)18-24(30-19)10-13-27(14-11-24)12-9-22-8-7-20(15-25)16-26-22;;/h2-8,16,19H,9-14,17-18H2,1H3;2*1H. The van der Waals surface area contributed by atoms with E-state index in [0.717, 1.165) is 50.2 Å². The molecule has 8 heteroatoms. The van der Waals surface area contributed by atoms with Crippen molar-refractivity contribution in [2.75, 3.05) is 32.7 Å². The molecular weight excluding hydrogens is 447 g/mol. The highest BCUT2D eigenvalue weighted by atomic mass is 35.5. The molecule has 1 aromatic heterocycles. The van der Waals surface area contributed by atoms with Crippen LogP contribution < -0.4 is 0 Å². The molecule has 0 bridgehead atoms. The monoisotopic (exact) mass is 476 g/mol. The summed E-state index contributed by atoms with van der Waals surface area (Å²) in [5.74, 6) is 0.0967. The highest BCUT2D eigenvalue weighted by Gasteiger charge is 2.43. The lowest BCUT2D eigenvalue weighted by molar-refractivity contribution is -0.161. The van der Waals surface area contributed by atoms with Crippen LogP contribution in [0.4, 0.5) is 0 Å². The van der Waals surface area contributed by atoms with Crippen LogP contribution in [0.15, 0.2) is 48.7 Å². The van der Waals surface area contributed by atoms with Gasteiger partial charge in [-0.25, -0.2) is 0 Å². The zero-order chi connectivity index (χ0) is 21.0. The molecular formula is C24H30Cl2N4O2. The molecule has 0 radical (unpaired) electrons. The summed E-state index contributed by atoms with van der Waals surface area (Å²) in [5, 5.41) is 8.88. The molecule has 2 saturated heterocycles. The molecule has 3 heterocycles. The number of rotatable bonds is 4. The van der Waals surface area contributed by atoms with Gasteiger partial charge in [-0.1, -0.05) is 18.2 Å². The van der Waals surface area contributed by atoms with Crippen LogP contribution in [-0.2, 0) is 11.2 Å². The Balaban J connectivity index is 0.00000181. The maximum absolute atomic E-state index is 13.0. The van der Waals surface area contributed by atoms with Gasteiger partial charge in [0.2, 0.25) is 0 Å². The maximum Gasteiger partial charge on any atom is 0.254 e. The zero-order valence-corrected chi connectivity index (χ0v) is 19.9. The van der Waals surface area contributed by atoms with E-state index in [0.29, 0.717) is 18.7 Å². The van der Waals surface area contributed by atoms with E-state index in [1.54, 1.807) is 6.20 Å². The van der Waals surface area contributed by atoms with Crippen molar-refractivity contribution < 1.29 is 9.53 Å². The number of nitriles is 1. The number of piperidine rings is 1. The smallest absolute Gasteiger partial charge is 0.254 e. The van der Waals surface area contributed by atoms with Crippen molar-refractivity contribution >= 4 is 30.7 Å². The second-order valence-electron chi connectivity index (χ2n) is 8.40. The lowest BCUT2D eigenvalue weighted by Gasteiger charge is -2.49. The predicted octanol–water partition coefficient (Wildman–Crippen LogP) is 3.74. The highest BCUT2D eigenvalue weighted by molar-refractivity contribution is 5.94. The first kappa shape index (κ1) is 26.1. The Kier molecular flexibility index (Phi) is 9.47. The van der Waals surface area contributed by atoms with Gasteiger partial charge in [-0.3, -0.25) is 9.78 Å². The predicted molar refractivity (Wildman–Crippen MR) is 128 cm³/mol. The van der Waals surface area contributed by atoms with Gasteiger partial charge in [-0.2, -0.15) is 5.26 Å². The van der Waals surface area contributed by atoms with E-state index in [1.807, 2.05) is 47.4 Å². The minimum absolute atomic E-state index is 0. The molecule has 2 aliphatic heterocycles. The van der Waals surface area contributed by atoms with Crippen molar-refractivity contribution in [3.8, 4) is 6.07 Å². The molecule has 172 valence electrons. The number of hydrogen-bond acceptors (Lipinski definition) is 5. The maximum atomic E-state index is 13.0. The van der Waals surface area contributed by atoms with Crippen molar-refractivity contribution in [1.29, 1.82) is 5.26 Å². The molecule has 2 aromatic rings. The summed E-state index contributed by atoms with van der Waals surface area (Å²) in [6.07, 6.45) is 4.40. The average molecular weight is 477 g/mol. The Labute approximate surface area is 202 Å². The second-order valence-corrected chi connectivity index (χ2v) is 8.40. The topological polar surface area (TPSA) is 69.5 Å². The van der Waals surface area contributed by atoms with Gasteiger partial charge in [0, 0.05) is 50.1 Å². The Hall–Kier alpha value is -2.17. The number of halogens is 2. The van der Waals surface area contributed by atoms with Crippen LogP contribution in [0.3, 0.4) is 0 Å². The van der Waals surface area contributed by atoms with Crippen LogP contribution in [0, 0.1) is 11.3 Å². The van der Waals surface area contributed by atoms with Gasteiger partial charge in [0.25, 0.3) is 5.91 Å². The number of pyridine rings is 1. The normalized spacial score (nSPS) is 20.0. The fourth-order valence-corrected chi connectivity index (χ4v) is 4.51. The van der Waals surface area contributed by atoms with E-state index < -0.39 is 0 Å². The number of ether oxygens (including phenoxy) is 1. The van der Waals surface area contributed by atoms with Crippen LogP contribution in [-0.4, -0.2) is 65.1 Å². The van der Waals surface area contributed by atoms with E-state index in [9.17, 15) is 4.79 Å². The van der Waals surface area contributed by atoms with Crippen molar-refractivity contribution in [3.63, 3.8) is 0 Å². The number of hydrogen-bond donors (Lipinski definition) is 0. The molecule has 32 heavy (non-hydrogen) atoms. The van der Waals surface area contributed by atoms with Crippen molar-refractivity contribution in [2.45, 2.75) is 37.9 Å². The van der Waals surface area contributed by atoms with Gasteiger partial charge in [0.05, 0.1) is 23.8 Å². The molecule has 1 atom stereocenters. The second kappa shape index (κ2) is 11.6. The SMILES string of the molecule is CC1CN(C(=O)c2ccccc2)CC2(CCN(CCc3ccc(C#N)cn3)CC2)O1.Cl.Cl. The first-order chi connectivity index (χ1) is 14.6. The number of morpholine rings is 1. The van der Waals surface area contributed by atoms with E-state index in [-0.39, 0.29) is 42.4 Å². The van der Waals surface area contributed by atoms with E-state index in [2.05, 4.69) is 22.9 Å². The Morgan fingerprint density at radius 3 is 2.53 bits per heavy atom. The van der Waals surface area contributed by atoms with Gasteiger partial charge in [0.15, 0.2) is 0 Å². The summed E-state index contributed by atoms with van der Waals surface area (Å²) in [5.41, 5.74) is 2.10. The third-order valence-corrected chi connectivity index (χ3v) is 6.12. The minimum atomic E-state index is -0.245. The quantitative estimate of drug-likeness (QED) is 0.671. The van der Waals surface area contributed by atoms with Gasteiger partial charge in [-0.05, 0) is 44.0 Å². The number of carbonyl (C=O) groups is 1. The number of carbonyl (C=O) groups excluding carboxylic acids is 1. The Morgan fingerprint density at radius 1 is 1.19 bits per heavy atom. The molecule has 1 amide bonds. The lowest BCUT2D eigenvalue weighted by Crippen LogP contribution is -2.60. The summed E-state index contributed by atoms with van der Waals surface area (Å²) >= 11 is 0. The Bertz CT molecular complexity index is 910. The number of aromatic nitrogens is 1. The van der Waals surface area contributed by atoms with Crippen LogP contribution in [0.5, 0.6) is 0 Å². The number of amides is 1. The molecule has 6 nitrogen and oxygen atoms in total. The van der Waals surface area contributed by atoms with Crippen LogP contribution >= 0.6 is 24.8 Å². The Morgan fingerprint density at radius 2 is 1.91 bits per heavy atom. The number of benzene rings is 1. The van der Waals surface area contributed by atoms with Crippen molar-refractivity contribution in [2.24, 2.45) is 0 Å². The summed E-state index contributed by atoms with van der Waals surface area (Å²) in [7, 11) is 0. The van der Waals surface area contributed by atoms with Gasteiger partial charge in [0.1, 0.15) is 6.07 Å². The first-order valence-corrected chi connectivity index (χ1v) is 10.7. The molecule has 0 aliphatic carbocycles. The first-order valence-electron chi connectivity index (χ1n) is 10.7. The van der Waals surface area contributed by atoms with Crippen LogP contribution in [0.2, 0.25) is 0 Å². The van der Waals surface area contributed by atoms with E-state index >= 15 is 0 Å². The average Bonchev–Trinajstić information content (AvgIpc) is 2.79. The van der Waals surface area contributed by atoms with Crippen LogP contribution in [0.1, 0.15) is 41.4 Å². The number of likely N-dealkylation sites (tertiary alicyclic amines) is 1. The zero-order valence-electron chi connectivity index (χ0n) is 18.3. The van der Waals surface area contributed by atoms with Gasteiger partial charge < -0.3 is 14.5 Å². The van der Waals surface area contributed by atoms with E-state index in [4.69, 9.17) is 10.00 Å². The fraction of sp³-hybridized carbons (Fsp3) is 0.458. The molecule has 0 N–H and O–H groups in total. The number of nitrogens with zero attached hydrogens (tertiary/aromatic N) is 4. The molecule has 1 aromatic carbocycles. The molecule has 2 aliphatic rings. The summed E-state index contributed by atoms with van der Waals surface area (Å²) < 4.78 is 6.40. The molecule has 4 rings (SSSR count). The van der Waals surface area contributed by atoms with E-state index in [1.165, 1.54) is 0 Å². The summed E-state index contributed by atoms with van der Waals surface area (Å²) in [6, 6.07) is 15.4.